The Kier molecular flexibility index (Phi) is 35.3. The second-order valence-corrected chi connectivity index (χ2v) is 5.54. The number of aryl methyl sites for hydroxylation is 1. The molecule has 1 aromatic carbocycles. The quantitative estimate of drug-likeness (QED) is 0.527. The Bertz CT molecular complexity index is 331. The van der Waals surface area contributed by atoms with Gasteiger partial charge in [-0.1, -0.05) is 107 Å². The van der Waals surface area contributed by atoms with E-state index in [0.29, 0.717) is 5.75 Å². The van der Waals surface area contributed by atoms with E-state index in [4.69, 9.17) is 5.11 Å². The van der Waals surface area contributed by atoms with Crippen LogP contribution in [0.15, 0.2) is 18.2 Å². The van der Waals surface area contributed by atoms with Crippen molar-refractivity contribution in [2.45, 2.75) is 107 Å². The van der Waals surface area contributed by atoms with Crippen molar-refractivity contribution in [1.82, 2.24) is 0 Å². The molecular weight excluding hydrogens is 308 g/mol. The SMILES string of the molecule is CC.CC.CCC.CCCCCC.Cc1cc(C(C)CO)ccc1O. The summed E-state index contributed by atoms with van der Waals surface area (Å²) in [6, 6.07) is 5.40. The maximum atomic E-state index is 9.24. The summed E-state index contributed by atoms with van der Waals surface area (Å²) in [5.74, 6) is 0.452. The van der Waals surface area contributed by atoms with E-state index in [1.165, 1.54) is 32.1 Å². The van der Waals surface area contributed by atoms with Gasteiger partial charge in [0.05, 0.1) is 0 Å². The topological polar surface area (TPSA) is 40.5 Å². The van der Waals surface area contributed by atoms with Crippen LogP contribution in [0.1, 0.15) is 111 Å². The third-order valence-electron chi connectivity index (χ3n) is 3.02. The van der Waals surface area contributed by atoms with Crippen LogP contribution in [0.2, 0.25) is 0 Å². The Hall–Kier alpha value is -1.02. The number of aliphatic hydroxyl groups excluding tert-OH is 1. The van der Waals surface area contributed by atoms with Crippen LogP contribution in [0.4, 0.5) is 0 Å². The van der Waals surface area contributed by atoms with Gasteiger partial charge in [-0.3, -0.25) is 0 Å². The molecule has 0 aromatic heterocycles. The number of aromatic hydroxyl groups is 1. The van der Waals surface area contributed by atoms with Crippen LogP contribution in [0.3, 0.4) is 0 Å². The average Bonchev–Trinajstić information content (AvgIpc) is 2.66. The lowest BCUT2D eigenvalue weighted by atomic mass is 10.00. The van der Waals surface area contributed by atoms with Gasteiger partial charge >= 0.3 is 0 Å². The molecule has 0 radical (unpaired) electrons. The van der Waals surface area contributed by atoms with Crippen LogP contribution in [-0.2, 0) is 0 Å². The number of benzene rings is 1. The van der Waals surface area contributed by atoms with E-state index < -0.39 is 0 Å². The van der Waals surface area contributed by atoms with Gasteiger partial charge in [0.25, 0.3) is 0 Å². The summed E-state index contributed by atoms with van der Waals surface area (Å²) in [5.41, 5.74) is 1.92. The fraction of sp³-hybridized carbons (Fsp3) is 0.739. The summed E-state index contributed by atoms with van der Waals surface area (Å²) in [7, 11) is 0. The molecule has 1 unspecified atom stereocenters. The molecule has 1 aromatic rings. The Morgan fingerprint density at radius 3 is 1.56 bits per heavy atom. The molecule has 0 aliphatic carbocycles. The van der Waals surface area contributed by atoms with Crippen molar-refractivity contribution < 1.29 is 10.2 Å². The van der Waals surface area contributed by atoms with Gasteiger partial charge in [0.15, 0.2) is 0 Å². The van der Waals surface area contributed by atoms with Gasteiger partial charge in [0.2, 0.25) is 0 Å². The van der Waals surface area contributed by atoms with Crippen LogP contribution in [0.25, 0.3) is 0 Å². The normalized spacial score (nSPS) is 9.56. The molecule has 0 aliphatic rings. The van der Waals surface area contributed by atoms with Crippen molar-refractivity contribution in [3.8, 4) is 5.75 Å². The van der Waals surface area contributed by atoms with Crippen molar-refractivity contribution in [2.24, 2.45) is 0 Å². The first kappa shape index (κ1) is 31.7. The van der Waals surface area contributed by atoms with Gasteiger partial charge in [-0.2, -0.15) is 0 Å². The molecule has 0 aliphatic heterocycles. The van der Waals surface area contributed by atoms with Gasteiger partial charge in [0.1, 0.15) is 5.75 Å². The van der Waals surface area contributed by atoms with Crippen LogP contribution >= 0.6 is 0 Å². The number of hydrogen-bond acceptors (Lipinski definition) is 2. The summed E-state index contributed by atoms with van der Waals surface area (Å²) < 4.78 is 0. The first-order valence-electron chi connectivity index (χ1n) is 10.4. The van der Waals surface area contributed by atoms with E-state index in [1.54, 1.807) is 6.07 Å². The number of hydrogen-bond donors (Lipinski definition) is 2. The van der Waals surface area contributed by atoms with E-state index in [-0.39, 0.29) is 12.5 Å². The van der Waals surface area contributed by atoms with Gasteiger partial charge in [-0.25, -0.2) is 0 Å². The van der Waals surface area contributed by atoms with Crippen LogP contribution in [0.5, 0.6) is 5.75 Å². The minimum Gasteiger partial charge on any atom is -0.508 e. The molecule has 0 saturated carbocycles. The van der Waals surface area contributed by atoms with Crippen molar-refractivity contribution >= 4 is 0 Å². The summed E-state index contributed by atoms with van der Waals surface area (Å²) in [5, 5.41) is 18.1. The molecule has 2 N–H and O–H groups in total. The predicted octanol–water partition coefficient (Wildman–Crippen LogP) is 7.85. The van der Waals surface area contributed by atoms with Gasteiger partial charge in [-0.05, 0) is 24.1 Å². The highest BCUT2D eigenvalue weighted by Gasteiger charge is 2.04. The lowest BCUT2D eigenvalue weighted by molar-refractivity contribution is 0.273. The maximum Gasteiger partial charge on any atom is 0.118 e. The molecule has 0 fully saturated rings. The van der Waals surface area contributed by atoms with Gasteiger partial charge in [0, 0.05) is 12.5 Å². The largest absolute Gasteiger partial charge is 0.508 e. The monoisotopic (exact) mass is 356 g/mol. The summed E-state index contributed by atoms with van der Waals surface area (Å²) >= 11 is 0. The van der Waals surface area contributed by atoms with E-state index >= 15 is 0 Å². The molecule has 0 spiro atoms. The van der Waals surface area contributed by atoms with Crippen LogP contribution in [-0.4, -0.2) is 16.8 Å². The number of aliphatic hydroxyl groups is 1. The number of phenols is 1. The fourth-order valence-corrected chi connectivity index (χ4v) is 1.59. The fourth-order valence-electron chi connectivity index (χ4n) is 1.59. The smallest absolute Gasteiger partial charge is 0.118 e. The van der Waals surface area contributed by atoms with Gasteiger partial charge in [-0.15, -0.1) is 0 Å². The van der Waals surface area contributed by atoms with Crippen LogP contribution in [0, 0.1) is 6.92 Å². The molecule has 0 amide bonds. The minimum absolute atomic E-state index is 0.143. The second-order valence-electron chi connectivity index (χ2n) is 5.54. The minimum atomic E-state index is 0.143. The van der Waals surface area contributed by atoms with Crippen molar-refractivity contribution in [2.75, 3.05) is 6.61 Å². The summed E-state index contributed by atoms with van der Waals surface area (Å²) in [4.78, 5) is 0. The molecule has 1 rings (SSSR count). The van der Waals surface area contributed by atoms with E-state index in [9.17, 15) is 5.11 Å². The highest BCUT2D eigenvalue weighted by atomic mass is 16.3. The summed E-state index contributed by atoms with van der Waals surface area (Å²) in [6.07, 6.45) is 6.79. The predicted molar refractivity (Wildman–Crippen MR) is 117 cm³/mol. The van der Waals surface area contributed by atoms with E-state index in [0.717, 1.165) is 11.1 Å². The zero-order valence-electron chi connectivity index (χ0n) is 18.9. The highest BCUT2D eigenvalue weighted by molar-refractivity contribution is 5.36. The van der Waals surface area contributed by atoms with Crippen molar-refractivity contribution in [3.05, 3.63) is 29.3 Å². The Labute approximate surface area is 159 Å². The highest BCUT2D eigenvalue weighted by Crippen LogP contribution is 2.21. The van der Waals surface area contributed by atoms with Gasteiger partial charge < -0.3 is 10.2 Å². The van der Waals surface area contributed by atoms with Crippen molar-refractivity contribution in [1.29, 1.82) is 0 Å². The van der Waals surface area contributed by atoms with Crippen molar-refractivity contribution in [3.63, 3.8) is 0 Å². The standard InChI is InChI=1S/C10H14O2.C6H14.C3H8.2C2H6/c1-7-5-9(8(2)6-11)3-4-10(7)12;1-3-5-6-4-2;1-3-2;2*1-2/h3-5,8,11-12H,6H2,1-2H3;3-6H2,1-2H3;3H2,1-2H3;2*1-2H3. The van der Waals surface area contributed by atoms with E-state index in [2.05, 4.69) is 27.7 Å². The Morgan fingerprint density at radius 1 is 0.880 bits per heavy atom. The third-order valence-corrected chi connectivity index (χ3v) is 3.02. The molecule has 2 nitrogen and oxygen atoms in total. The molecule has 1 atom stereocenters. The summed E-state index contributed by atoms with van der Waals surface area (Å²) in [6.45, 7) is 20.7. The molecule has 152 valence electrons. The first-order valence-corrected chi connectivity index (χ1v) is 10.4. The molecule has 2 heteroatoms. The molecule has 0 bridgehead atoms. The molecule has 0 saturated heterocycles. The number of phenolic OH excluding ortho intramolecular Hbond substituents is 1. The molecule has 25 heavy (non-hydrogen) atoms. The zero-order chi connectivity index (χ0) is 20.7. The zero-order valence-corrected chi connectivity index (χ0v) is 18.9. The average molecular weight is 357 g/mol. The number of unbranched alkanes of at least 4 members (excludes halogenated alkanes) is 3. The van der Waals surface area contributed by atoms with Crippen LogP contribution < -0.4 is 0 Å². The van der Waals surface area contributed by atoms with E-state index in [1.807, 2.05) is 53.7 Å². The molecular formula is C23H48O2. The Morgan fingerprint density at radius 2 is 1.28 bits per heavy atom. The molecule has 0 heterocycles. The second kappa shape index (κ2) is 27.8. The lowest BCUT2D eigenvalue weighted by Crippen LogP contribution is -1.98. The lowest BCUT2D eigenvalue weighted by Gasteiger charge is -2.09. The first-order chi connectivity index (χ1) is 12.0. The maximum absolute atomic E-state index is 9.24. The third kappa shape index (κ3) is 23.0. The number of rotatable bonds is 5. The Balaban J connectivity index is -0.000000143.